The van der Waals surface area contributed by atoms with Crippen LogP contribution in [0.15, 0.2) is 30.3 Å². The molecule has 0 atom stereocenters. The lowest BCUT2D eigenvalue weighted by molar-refractivity contribution is 0.0437. The number of amides is 2. The second kappa shape index (κ2) is 6.06. The van der Waals surface area contributed by atoms with Crippen molar-refractivity contribution in [3.05, 3.63) is 35.9 Å². The Bertz CT molecular complexity index is 476. The van der Waals surface area contributed by atoms with Crippen LogP contribution in [0.5, 0.6) is 0 Å². The van der Waals surface area contributed by atoms with Gasteiger partial charge in [-0.1, -0.05) is 37.3 Å². The zero-order valence-electron chi connectivity index (χ0n) is 13.4. The summed E-state index contributed by atoms with van der Waals surface area (Å²) < 4.78 is 0. The van der Waals surface area contributed by atoms with Gasteiger partial charge in [-0.3, -0.25) is 4.90 Å². The van der Waals surface area contributed by atoms with E-state index < -0.39 is 6.03 Å². The van der Waals surface area contributed by atoms with E-state index >= 15 is 0 Å². The number of rotatable bonds is 4. The van der Waals surface area contributed by atoms with Gasteiger partial charge in [0.1, 0.15) is 0 Å². The molecule has 4 heteroatoms. The molecule has 1 aromatic carbocycles. The predicted molar refractivity (Wildman–Crippen MR) is 86.0 cm³/mol. The van der Waals surface area contributed by atoms with Gasteiger partial charge in [0.2, 0.25) is 0 Å². The summed E-state index contributed by atoms with van der Waals surface area (Å²) in [4.78, 5) is 13.3. The minimum Gasteiger partial charge on any atom is -0.352 e. The Morgan fingerprint density at radius 2 is 1.76 bits per heavy atom. The second-order valence-corrected chi connectivity index (χ2v) is 6.82. The number of nitrogens with zero attached hydrogens (tertiary/aromatic N) is 1. The first-order chi connectivity index (χ1) is 9.88. The van der Waals surface area contributed by atoms with Gasteiger partial charge in [-0.25, -0.2) is 4.79 Å². The molecule has 116 valence electrons. The molecule has 21 heavy (non-hydrogen) atoms. The zero-order valence-corrected chi connectivity index (χ0v) is 13.4. The van der Waals surface area contributed by atoms with Crippen molar-refractivity contribution < 1.29 is 4.79 Å². The number of nitrogens with two attached hydrogens (primary N) is 1. The summed E-state index contributed by atoms with van der Waals surface area (Å²) >= 11 is 0. The molecule has 0 saturated heterocycles. The number of benzene rings is 1. The lowest BCUT2D eigenvalue weighted by atomic mass is 9.65. The number of hydrogen-bond donors (Lipinski definition) is 2. The number of nitrogens with one attached hydrogen (secondary N) is 1. The third-order valence-corrected chi connectivity index (χ3v) is 5.14. The highest BCUT2D eigenvalue weighted by Crippen LogP contribution is 2.47. The highest BCUT2D eigenvalue weighted by atomic mass is 16.2. The quantitative estimate of drug-likeness (QED) is 0.895. The van der Waals surface area contributed by atoms with Gasteiger partial charge in [0.05, 0.1) is 0 Å². The molecule has 0 bridgehead atoms. The van der Waals surface area contributed by atoms with Crippen LogP contribution in [0.3, 0.4) is 0 Å². The molecule has 2 rings (SSSR count). The summed E-state index contributed by atoms with van der Waals surface area (Å²) in [5, 5.41) is 2.78. The van der Waals surface area contributed by atoms with E-state index in [0.717, 1.165) is 25.7 Å². The molecule has 0 aromatic heterocycles. The molecule has 1 saturated carbocycles. The van der Waals surface area contributed by atoms with Crippen molar-refractivity contribution in [1.82, 2.24) is 10.2 Å². The largest absolute Gasteiger partial charge is 0.352 e. The number of urea groups is 1. The van der Waals surface area contributed by atoms with Crippen molar-refractivity contribution >= 4 is 6.03 Å². The maximum Gasteiger partial charge on any atom is 0.312 e. The van der Waals surface area contributed by atoms with Crippen molar-refractivity contribution in [3.63, 3.8) is 0 Å². The normalized spacial score (nSPS) is 29.3. The van der Waals surface area contributed by atoms with Gasteiger partial charge in [-0.05, 0) is 50.8 Å². The zero-order chi connectivity index (χ0) is 15.5. The maximum atomic E-state index is 10.9. The molecule has 2 amide bonds. The fourth-order valence-electron chi connectivity index (χ4n) is 3.49. The summed E-state index contributed by atoms with van der Waals surface area (Å²) in [5.74, 6) is 0. The van der Waals surface area contributed by atoms with Gasteiger partial charge in [-0.15, -0.1) is 0 Å². The first kappa shape index (κ1) is 15.8. The highest BCUT2D eigenvalue weighted by Gasteiger charge is 2.42. The minimum atomic E-state index is -0.427. The van der Waals surface area contributed by atoms with Crippen LogP contribution >= 0.6 is 0 Å². The van der Waals surface area contributed by atoms with Gasteiger partial charge in [0.15, 0.2) is 0 Å². The number of carbonyl (C=O) groups excluding carboxylic acids is 1. The van der Waals surface area contributed by atoms with Crippen molar-refractivity contribution in [2.45, 2.75) is 38.1 Å². The van der Waals surface area contributed by atoms with Gasteiger partial charge in [0, 0.05) is 12.1 Å². The van der Waals surface area contributed by atoms with Crippen LogP contribution in [0.25, 0.3) is 0 Å². The van der Waals surface area contributed by atoms with E-state index in [1.807, 2.05) is 0 Å². The molecule has 3 N–H and O–H groups in total. The van der Waals surface area contributed by atoms with Crippen molar-refractivity contribution in [2.24, 2.45) is 11.1 Å². The van der Waals surface area contributed by atoms with Crippen molar-refractivity contribution in [2.75, 3.05) is 20.6 Å². The Morgan fingerprint density at radius 1 is 1.19 bits per heavy atom. The molecule has 0 aliphatic heterocycles. The molecule has 4 nitrogen and oxygen atoms in total. The Balaban J connectivity index is 2.13. The lowest BCUT2D eigenvalue weighted by Gasteiger charge is -2.49. The summed E-state index contributed by atoms with van der Waals surface area (Å²) in [6, 6.07) is 10.3. The molecule has 0 unspecified atom stereocenters. The molecule has 0 spiro atoms. The SMILES string of the molecule is CN(C)C1(c2ccccc2)CCC(C)(CNC(N)=O)CC1. The van der Waals surface area contributed by atoms with E-state index in [9.17, 15) is 4.79 Å². The summed E-state index contributed by atoms with van der Waals surface area (Å²) in [7, 11) is 4.33. The van der Waals surface area contributed by atoms with Crippen LogP contribution in [0.4, 0.5) is 4.79 Å². The van der Waals surface area contributed by atoms with Crippen LogP contribution in [0, 0.1) is 5.41 Å². The smallest absolute Gasteiger partial charge is 0.312 e. The minimum absolute atomic E-state index is 0.105. The topological polar surface area (TPSA) is 58.4 Å². The Morgan fingerprint density at radius 3 is 2.24 bits per heavy atom. The summed E-state index contributed by atoms with van der Waals surface area (Å²) in [6.45, 7) is 2.91. The molecule has 1 aromatic rings. The van der Waals surface area contributed by atoms with E-state index in [-0.39, 0.29) is 11.0 Å². The van der Waals surface area contributed by atoms with Gasteiger partial charge < -0.3 is 11.1 Å². The van der Waals surface area contributed by atoms with Crippen LogP contribution in [-0.4, -0.2) is 31.6 Å². The summed E-state index contributed by atoms with van der Waals surface area (Å²) in [5.41, 5.74) is 6.84. The second-order valence-electron chi connectivity index (χ2n) is 6.82. The standard InChI is InChI=1S/C17H27N3O/c1-16(13-19-15(18)21)9-11-17(12-10-16,20(2)3)14-7-5-4-6-8-14/h4-8H,9-13H2,1-3H3,(H3,18,19,21). The fraction of sp³-hybridized carbons (Fsp3) is 0.588. The van der Waals surface area contributed by atoms with Gasteiger partial charge in [-0.2, -0.15) is 0 Å². The molecular weight excluding hydrogens is 262 g/mol. The molecule has 1 fully saturated rings. The fourth-order valence-corrected chi connectivity index (χ4v) is 3.49. The number of primary amides is 1. The molecular formula is C17H27N3O. The predicted octanol–water partition coefficient (Wildman–Crippen LogP) is 2.69. The first-order valence-electron chi connectivity index (χ1n) is 7.64. The third kappa shape index (κ3) is 3.38. The molecule has 0 radical (unpaired) electrons. The third-order valence-electron chi connectivity index (χ3n) is 5.14. The average Bonchev–Trinajstić information content (AvgIpc) is 2.47. The Kier molecular flexibility index (Phi) is 4.57. The van der Waals surface area contributed by atoms with E-state index in [4.69, 9.17) is 5.73 Å². The number of hydrogen-bond acceptors (Lipinski definition) is 2. The van der Waals surface area contributed by atoms with E-state index in [2.05, 4.69) is 61.6 Å². The van der Waals surface area contributed by atoms with Gasteiger partial charge in [0.25, 0.3) is 0 Å². The summed E-state index contributed by atoms with van der Waals surface area (Å²) in [6.07, 6.45) is 4.36. The van der Waals surface area contributed by atoms with Crippen LogP contribution < -0.4 is 11.1 Å². The Hall–Kier alpha value is -1.55. The molecule has 0 heterocycles. The number of carbonyl (C=O) groups is 1. The highest BCUT2D eigenvalue weighted by molar-refractivity contribution is 5.71. The maximum absolute atomic E-state index is 10.9. The van der Waals surface area contributed by atoms with Crippen LogP contribution in [0.1, 0.15) is 38.2 Å². The monoisotopic (exact) mass is 289 g/mol. The van der Waals surface area contributed by atoms with Crippen LogP contribution in [-0.2, 0) is 5.54 Å². The first-order valence-corrected chi connectivity index (χ1v) is 7.64. The van der Waals surface area contributed by atoms with Gasteiger partial charge >= 0.3 is 6.03 Å². The molecule has 1 aliphatic rings. The lowest BCUT2D eigenvalue weighted by Crippen LogP contribution is -2.49. The molecule has 1 aliphatic carbocycles. The Labute approximate surface area is 127 Å². The van der Waals surface area contributed by atoms with Crippen molar-refractivity contribution in [3.8, 4) is 0 Å². The van der Waals surface area contributed by atoms with E-state index in [0.29, 0.717) is 6.54 Å². The average molecular weight is 289 g/mol. The van der Waals surface area contributed by atoms with Crippen LogP contribution in [0.2, 0.25) is 0 Å². The van der Waals surface area contributed by atoms with E-state index in [1.165, 1.54) is 5.56 Å². The van der Waals surface area contributed by atoms with E-state index in [1.54, 1.807) is 0 Å². The van der Waals surface area contributed by atoms with Crippen molar-refractivity contribution in [1.29, 1.82) is 0 Å².